The Morgan fingerprint density at radius 2 is 1.90 bits per heavy atom. The Balaban J connectivity index is 1.18. The van der Waals surface area contributed by atoms with Crippen LogP contribution in [0, 0.1) is 5.92 Å². The van der Waals surface area contributed by atoms with Gasteiger partial charge in [-0.1, -0.05) is 32.1 Å². The fourth-order valence-electron chi connectivity index (χ4n) is 5.40. The third kappa shape index (κ3) is 6.39. The summed E-state index contributed by atoms with van der Waals surface area (Å²) in [6, 6.07) is 9.97. The molecular formula is C30H34F3N5O2. The Morgan fingerprint density at radius 3 is 2.62 bits per heavy atom. The van der Waals surface area contributed by atoms with Crippen LogP contribution >= 0.6 is 0 Å². The van der Waals surface area contributed by atoms with Gasteiger partial charge < -0.3 is 19.4 Å². The molecule has 212 valence electrons. The van der Waals surface area contributed by atoms with Crippen LogP contribution in [0.3, 0.4) is 0 Å². The molecule has 1 aromatic carbocycles. The third-order valence-corrected chi connectivity index (χ3v) is 7.64. The van der Waals surface area contributed by atoms with E-state index in [2.05, 4.69) is 35.1 Å². The molecule has 0 radical (unpaired) electrons. The molecule has 3 aromatic rings. The van der Waals surface area contributed by atoms with Crippen molar-refractivity contribution in [2.45, 2.75) is 32.5 Å². The Labute approximate surface area is 231 Å². The van der Waals surface area contributed by atoms with Crippen molar-refractivity contribution in [2.75, 3.05) is 44.6 Å². The lowest BCUT2D eigenvalue weighted by molar-refractivity contribution is -0.138. The molecule has 1 amide bonds. The zero-order chi connectivity index (χ0) is 28.3. The molecule has 5 rings (SSSR count). The van der Waals surface area contributed by atoms with E-state index in [0.717, 1.165) is 50.1 Å². The van der Waals surface area contributed by atoms with Crippen LogP contribution in [-0.4, -0.2) is 64.4 Å². The highest BCUT2D eigenvalue weighted by Gasteiger charge is 2.34. The average Bonchev–Trinajstić information content (AvgIpc) is 3.42. The van der Waals surface area contributed by atoms with Gasteiger partial charge >= 0.3 is 6.18 Å². The van der Waals surface area contributed by atoms with Crippen molar-refractivity contribution < 1.29 is 22.7 Å². The topological polar surface area (TPSA) is 62.1 Å². The average molecular weight is 554 g/mol. The number of hydrogen-bond acceptors (Lipinski definition) is 5. The number of alkyl halides is 3. The van der Waals surface area contributed by atoms with Gasteiger partial charge in [0.05, 0.1) is 5.56 Å². The number of pyridine rings is 1. The number of nitrogens with one attached hydrogen (secondary N) is 1. The summed E-state index contributed by atoms with van der Waals surface area (Å²) < 4.78 is 49.4. The first-order valence-electron chi connectivity index (χ1n) is 13.6. The van der Waals surface area contributed by atoms with Gasteiger partial charge in [0.1, 0.15) is 11.4 Å². The number of aromatic nitrogens is 2. The zero-order valence-electron chi connectivity index (χ0n) is 22.7. The minimum atomic E-state index is -4.52. The summed E-state index contributed by atoms with van der Waals surface area (Å²) in [6.45, 7) is 8.14. The van der Waals surface area contributed by atoms with Crippen LogP contribution in [0.15, 0.2) is 72.8 Å². The van der Waals surface area contributed by atoms with Gasteiger partial charge in [0.2, 0.25) is 0 Å². The molecule has 10 heteroatoms. The van der Waals surface area contributed by atoms with Crippen LogP contribution < -0.4 is 5.32 Å². The van der Waals surface area contributed by atoms with Crippen molar-refractivity contribution in [3.8, 4) is 0 Å². The van der Waals surface area contributed by atoms with E-state index in [9.17, 15) is 18.0 Å². The number of nitrogens with zero attached hydrogens (tertiary/aromatic N) is 4. The summed E-state index contributed by atoms with van der Waals surface area (Å²) in [4.78, 5) is 21.2. The second kappa shape index (κ2) is 11.9. The molecule has 2 aromatic heterocycles. The molecule has 2 unspecified atom stereocenters. The number of carbonyl (C=O) groups is 1. The molecule has 40 heavy (non-hydrogen) atoms. The van der Waals surface area contributed by atoms with E-state index < -0.39 is 17.6 Å². The van der Waals surface area contributed by atoms with E-state index >= 15 is 0 Å². The van der Waals surface area contributed by atoms with Crippen LogP contribution in [0.2, 0.25) is 0 Å². The molecule has 2 atom stereocenters. The highest BCUT2D eigenvalue weighted by Crippen LogP contribution is 2.35. The molecule has 1 aliphatic carbocycles. The standard InChI is InChI=1S/C30H34F3N5O2/c1-3-36-13-15-37(16-14-36)19-22-7-8-23(18-26(22)30(31,32)33)35-29(39)20-40-24-9-10-25(21(2)17-24)27-5-4-6-28-34-11-12-38(27)28/h4-12,17-18,21,25H,3,13-16,19-20H2,1-2H3,(H,35,39). The van der Waals surface area contributed by atoms with E-state index in [0.29, 0.717) is 5.76 Å². The molecule has 2 aliphatic rings. The minimum absolute atomic E-state index is 0.0931. The predicted octanol–water partition coefficient (Wildman–Crippen LogP) is 5.32. The van der Waals surface area contributed by atoms with Crippen molar-refractivity contribution in [1.29, 1.82) is 0 Å². The molecule has 0 saturated carbocycles. The number of benzene rings is 1. The normalized spacial score (nSPS) is 20.5. The van der Waals surface area contributed by atoms with Crippen LogP contribution in [-0.2, 0) is 22.3 Å². The number of rotatable bonds is 8. The van der Waals surface area contributed by atoms with Gasteiger partial charge in [-0.05, 0) is 54.4 Å². The monoisotopic (exact) mass is 553 g/mol. The van der Waals surface area contributed by atoms with Gasteiger partial charge in [-0.2, -0.15) is 13.2 Å². The fourth-order valence-corrected chi connectivity index (χ4v) is 5.40. The van der Waals surface area contributed by atoms with E-state index in [1.54, 1.807) is 6.20 Å². The molecular weight excluding hydrogens is 519 g/mol. The Morgan fingerprint density at radius 1 is 1.12 bits per heavy atom. The van der Waals surface area contributed by atoms with E-state index in [1.807, 2.05) is 45.9 Å². The smallest absolute Gasteiger partial charge is 0.416 e. The van der Waals surface area contributed by atoms with Gasteiger partial charge in [-0.15, -0.1) is 0 Å². The number of imidazole rings is 1. The third-order valence-electron chi connectivity index (χ3n) is 7.64. The first kappa shape index (κ1) is 27.9. The van der Waals surface area contributed by atoms with Gasteiger partial charge in [0.25, 0.3) is 5.91 Å². The summed E-state index contributed by atoms with van der Waals surface area (Å²) in [7, 11) is 0. The fraction of sp³-hybridized carbons (Fsp3) is 0.400. The van der Waals surface area contributed by atoms with E-state index in [-0.39, 0.29) is 36.2 Å². The highest BCUT2D eigenvalue weighted by molar-refractivity contribution is 5.92. The van der Waals surface area contributed by atoms with Crippen molar-refractivity contribution in [3.63, 3.8) is 0 Å². The number of carbonyl (C=O) groups excluding carboxylic acids is 1. The maximum absolute atomic E-state index is 13.9. The summed E-state index contributed by atoms with van der Waals surface area (Å²) >= 11 is 0. The van der Waals surface area contributed by atoms with E-state index in [1.165, 1.54) is 12.1 Å². The molecule has 1 fully saturated rings. The molecule has 3 heterocycles. The van der Waals surface area contributed by atoms with Crippen molar-refractivity contribution in [2.24, 2.45) is 5.92 Å². The number of piperazine rings is 1. The Bertz CT molecular complexity index is 1410. The lowest BCUT2D eigenvalue weighted by Crippen LogP contribution is -2.45. The van der Waals surface area contributed by atoms with Gasteiger partial charge in [0.15, 0.2) is 6.61 Å². The van der Waals surface area contributed by atoms with Crippen LogP contribution in [0.1, 0.15) is 36.6 Å². The quantitative estimate of drug-likeness (QED) is 0.409. The van der Waals surface area contributed by atoms with Gasteiger partial charge in [0, 0.05) is 62.4 Å². The molecule has 1 aliphatic heterocycles. The molecule has 7 nitrogen and oxygen atoms in total. The summed E-state index contributed by atoms with van der Waals surface area (Å²) in [5.41, 5.74) is 1.54. The number of likely N-dealkylation sites (N-methyl/N-ethyl adjacent to an activating group) is 1. The van der Waals surface area contributed by atoms with E-state index in [4.69, 9.17) is 4.74 Å². The zero-order valence-corrected chi connectivity index (χ0v) is 22.7. The number of allylic oxidation sites excluding steroid dienone is 3. The lowest BCUT2D eigenvalue weighted by atomic mass is 9.86. The minimum Gasteiger partial charge on any atom is -0.484 e. The SMILES string of the molecule is CCN1CCN(Cc2ccc(NC(=O)COC3=CC(C)C(c4cccc5nccn45)C=C3)cc2C(F)(F)F)CC1. The highest BCUT2D eigenvalue weighted by atomic mass is 19.4. The van der Waals surface area contributed by atoms with Crippen molar-refractivity contribution >= 4 is 17.2 Å². The molecule has 0 bridgehead atoms. The van der Waals surface area contributed by atoms with Crippen LogP contribution in [0.4, 0.5) is 18.9 Å². The number of anilines is 1. The molecule has 1 saturated heterocycles. The van der Waals surface area contributed by atoms with Crippen molar-refractivity contribution in [1.82, 2.24) is 19.2 Å². The summed E-state index contributed by atoms with van der Waals surface area (Å²) in [6.07, 6.45) is 4.97. The second-order valence-electron chi connectivity index (χ2n) is 10.3. The Hall–Kier alpha value is -3.63. The van der Waals surface area contributed by atoms with Gasteiger partial charge in [-0.3, -0.25) is 9.69 Å². The summed E-state index contributed by atoms with van der Waals surface area (Å²) in [5, 5.41) is 2.56. The maximum Gasteiger partial charge on any atom is 0.416 e. The maximum atomic E-state index is 13.9. The number of fused-ring (bicyclic) bond motifs is 1. The summed E-state index contributed by atoms with van der Waals surface area (Å²) in [5.74, 6) is 0.229. The number of halogens is 3. The number of ether oxygens (including phenoxy) is 1. The predicted molar refractivity (Wildman–Crippen MR) is 148 cm³/mol. The second-order valence-corrected chi connectivity index (χ2v) is 10.3. The largest absolute Gasteiger partial charge is 0.484 e. The van der Waals surface area contributed by atoms with Crippen LogP contribution in [0.5, 0.6) is 0 Å². The Kier molecular flexibility index (Phi) is 8.27. The first-order valence-corrected chi connectivity index (χ1v) is 13.6. The van der Waals surface area contributed by atoms with Gasteiger partial charge in [-0.25, -0.2) is 4.98 Å². The molecule has 1 N–H and O–H groups in total. The number of amides is 1. The molecule has 0 spiro atoms. The lowest BCUT2D eigenvalue weighted by Gasteiger charge is -2.34. The first-order chi connectivity index (χ1) is 19.2. The van der Waals surface area contributed by atoms with Crippen molar-refractivity contribution in [3.05, 3.63) is 89.6 Å². The van der Waals surface area contributed by atoms with Crippen LogP contribution in [0.25, 0.3) is 5.65 Å². The number of hydrogen-bond donors (Lipinski definition) is 1.